The summed E-state index contributed by atoms with van der Waals surface area (Å²) in [4.78, 5) is 12.2. The maximum absolute atomic E-state index is 12.2. The van der Waals surface area contributed by atoms with Crippen LogP contribution in [0, 0.1) is 5.92 Å². The van der Waals surface area contributed by atoms with Gasteiger partial charge in [0, 0.05) is 6.42 Å². The molecular weight excluding hydrogens is 408 g/mol. The van der Waals surface area contributed by atoms with Crippen molar-refractivity contribution in [1.29, 1.82) is 0 Å². The first-order valence-electron chi connectivity index (χ1n) is 9.85. The van der Waals surface area contributed by atoms with Crippen LogP contribution in [0.5, 0.6) is 0 Å². The minimum absolute atomic E-state index is 0.0166. The molecule has 0 aromatic carbocycles. The van der Waals surface area contributed by atoms with Crippen LogP contribution in [-0.4, -0.2) is 116 Å². The molecule has 0 aromatic rings. The predicted octanol–water partition coefficient (Wildman–Crippen LogP) is -3.41. The second-order valence-corrected chi connectivity index (χ2v) is 7.96. The lowest BCUT2D eigenvalue weighted by molar-refractivity contribution is -0.384. The lowest BCUT2D eigenvalue weighted by Gasteiger charge is -2.44. The molecule has 2 heterocycles. The third-order valence-electron chi connectivity index (χ3n) is 5.24. The quantitative estimate of drug-likeness (QED) is 0.176. The van der Waals surface area contributed by atoms with Crippen LogP contribution in [0.25, 0.3) is 0 Å². The van der Waals surface area contributed by atoms with Gasteiger partial charge in [0.15, 0.2) is 6.10 Å². The Labute approximate surface area is 173 Å². The molecule has 2 rings (SSSR count). The zero-order valence-electron chi connectivity index (χ0n) is 16.9. The molecular formula is C18H32O12. The van der Waals surface area contributed by atoms with E-state index >= 15 is 0 Å². The summed E-state index contributed by atoms with van der Waals surface area (Å²) in [6.07, 6.45) is -12.1. The highest BCUT2D eigenvalue weighted by molar-refractivity contribution is 5.69. The van der Waals surface area contributed by atoms with Gasteiger partial charge in [0.05, 0.1) is 13.2 Å². The molecule has 0 radical (unpaired) electrons. The van der Waals surface area contributed by atoms with Gasteiger partial charge in [0.25, 0.3) is 0 Å². The highest BCUT2D eigenvalue weighted by atomic mass is 16.8. The average molecular weight is 440 g/mol. The van der Waals surface area contributed by atoms with E-state index in [4.69, 9.17) is 18.9 Å². The van der Waals surface area contributed by atoms with Gasteiger partial charge in [-0.25, -0.2) is 0 Å². The number of aliphatic hydroxyl groups excluding tert-OH is 7. The standard InChI is InChI=1S/C18H32O12/c1-8(2)3-4-11(22)28-15-14(25)12(23)9(5-19)27-17(15)30-18(7-21)16(26)13(24)10(6-20)29-18/h8-10,12-17,19-21,23-26H,3-7H2,1-2H3/t9-,10-,12-,13-,14+,15-,16+,17-,18+/m1/s1. The van der Waals surface area contributed by atoms with E-state index in [-0.39, 0.29) is 12.3 Å². The number of aliphatic hydroxyl groups is 7. The van der Waals surface area contributed by atoms with E-state index in [1.165, 1.54) is 0 Å². The zero-order valence-corrected chi connectivity index (χ0v) is 16.9. The van der Waals surface area contributed by atoms with Crippen molar-refractivity contribution in [2.45, 2.75) is 81.5 Å². The van der Waals surface area contributed by atoms with Crippen molar-refractivity contribution < 1.29 is 59.5 Å². The molecule has 0 amide bonds. The summed E-state index contributed by atoms with van der Waals surface area (Å²) < 4.78 is 21.4. The van der Waals surface area contributed by atoms with Gasteiger partial charge in [-0.15, -0.1) is 0 Å². The van der Waals surface area contributed by atoms with Gasteiger partial charge in [-0.1, -0.05) is 13.8 Å². The molecule has 9 atom stereocenters. The van der Waals surface area contributed by atoms with Crippen LogP contribution in [0.1, 0.15) is 26.7 Å². The molecule has 12 heteroatoms. The second-order valence-electron chi connectivity index (χ2n) is 7.96. The molecule has 30 heavy (non-hydrogen) atoms. The molecule has 0 spiro atoms. The first-order chi connectivity index (χ1) is 14.1. The Morgan fingerprint density at radius 2 is 1.63 bits per heavy atom. The lowest BCUT2D eigenvalue weighted by Crippen LogP contribution is -2.63. The van der Waals surface area contributed by atoms with Gasteiger partial charge in [0.1, 0.15) is 43.2 Å². The summed E-state index contributed by atoms with van der Waals surface area (Å²) >= 11 is 0. The first-order valence-corrected chi connectivity index (χ1v) is 9.85. The fourth-order valence-corrected chi connectivity index (χ4v) is 3.36. The van der Waals surface area contributed by atoms with Crippen LogP contribution in [0.3, 0.4) is 0 Å². The summed E-state index contributed by atoms with van der Waals surface area (Å²) in [6, 6.07) is 0. The van der Waals surface area contributed by atoms with Crippen molar-refractivity contribution >= 4 is 5.97 Å². The summed E-state index contributed by atoms with van der Waals surface area (Å²) in [7, 11) is 0. The summed E-state index contributed by atoms with van der Waals surface area (Å²) in [5.74, 6) is -2.78. The zero-order chi connectivity index (χ0) is 22.6. The van der Waals surface area contributed by atoms with Crippen molar-refractivity contribution in [3.63, 3.8) is 0 Å². The van der Waals surface area contributed by atoms with Crippen LogP contribution < -0.4 is 0 Å². The molecule has 176 valence electrons. The molecule has 2 aliphatic heterocycles. The fraction of sp³-hybridized carbons (Fsp3) is 0.944. The largest absolute Gasteiger partial charge is 0.454 e. The highest BCUT2D eigenvalue weighted by Crippen LogP contribution is 2.36. The van der Waals surface area contributed by atoms with Gasteiger partial charge in [-0.2, -0.15) is 0 Å². The second kappa shape index (κ2) is 10.6. The number of carbonyl (C=O) groups is 1. The molecule has 12 nitrogen and oxygen atoms in total. The molecule has 2 aliphatic rings. The molecule has 2 saturated heterocycles. The van der Waals surface area contributed by atoms with E-state index in [1.807, 2.05) is 13.8 Å². The van der Waals surface area contributed by atoms with Crippen molar-refractivity contribution in [3.8, 4) is 0 Å². The Kier molecular flexibility index (Phi) is 8.94. The highest BCUT2D eigenvalue weighted by Gasteiger charge is 2.59. The SMILES string of the molecule is CC(C)CCC(=O)O[C@H]1[C@@H](O[C@]2(CO)O[C@H](CO)[C@@H](O)[C@@H]2O)O[C@H](CO)[C@@H](O)[C@@H]1O. The minimum Gasteiger partial charge on any atom is -0.454 e. The number of esters is 1. The van der Waals surface area contributed by atoms with Crippen LogP contribution in [-0.2, 0) is 23.7 Å². The topological polar surface area (TPSA) is 196 Å². The summed E-state index contributed by atoms with van der Waals surface area (Å²) in [5.41, 5.74) is 0. The van der Waals surface area contributed by atoms with Crippen LogP contribution in [0.4, 0.5) is 0 Å². The Morgan fingerprint density at radius 3 is 2.13 bits per heavy atom. The molecule has 7 N–H and O–H groups in total. The van der Waals surface area contributed by atoms with Crippen molar-refractivity contribution in [1.82, 2.24) is 0 Å². The van der Waals surface area contributed by atoms with Gasteiger partial charge < -0.3 is 54.7 Å². The molecule has 0 bridgehead atoms. The summed E-state index contributed by atoms with van der Waals surface area (Å²) in [5, 5.41) is 69.3. The Balaban J connectivity index is 2.24. The maximum Gasteiger partial charge on any atom is 0.306 e. The van der Waals surface area contributed by atoms with Gasteiger partial charge in [-0.3, -0.25) is 4.79 Å². The Bertz CT molecular complexity index is 559. The predicted molar refractivity (Wildman–Crippen MR) is 96.6 cm³/mol. The molecule has 0 aliphatic carbocycles. The molecule has 2 fully saturated rings. The van der Waals surface area contributed by atoms with Gasteiger partial charge in [-0.05, 0) is 12.3 Å². The van der Waals surface area contributed by atoms with E-state index in [0.29, 0.717) is 6.42 Å². The maximum atomic E-state index is 12.2. The minimum atomic E-state index is -2.28. The van der Waals surface area contributed by atoms with Gasteiger partial charge in [0.2, 0.25) is 12.1 Å². The number of hydrogen-bond acceptors (Lipinski definition) is 12. The lowest BCUT2D eigenvalue weighted by atomic mass is 9.98. The van der Waals surface area contributed by atoms with E-state index in [1.54, 1.807) is 0 Å². The smallest absolute Gasteiger partial charge is 0.306 e. The van der Waals surface area contributed by atoms with E-state index in [0.717, 1.165) is 0 Å². The first kappa shape index (κ1) is 25.3. The molecule has 0 aromatic heterocycles. The monoisotopic (exact) mass is 440 g/mol. The van der Waals surface area contributed by atoms with E-state index in [2.05, 4.69) is 0 Å². The number of hydrogen-bond donors (Lipinski definition) is 7. The van der Waals surface area contributed by atoms with Crippen LogP contribution >= 0.6 is 0 Å². The average Bonchev–Trinajstić information content (AvgIpc) is 2.96. The number of carbonyl (C=O) groups excluding carboxylic acids is 1. The van der Waals surface area contributed by atoms with Crippen molar-refractivity contribution in [2.24, 2.45) is 5.92 Å². The molecule has 0 saturated carbocycles. The fourth-order valence-electron chi connectivity index (χ4n) is 3.36. The van der Waals surface area contributed by atoms with Crippen molar-refractivity contribution in [3.05, 3.63) is 0 Å². The Morgan fingerprint density at radius 1 is 1.00 bits per heavy atom. The van der Waals surface area contributed by atoms with Gasteiger partial charge >= 0.3 is 5.97 Å². The third-order valence-corrected chi connectivity index (χ3v) is 5.24. The van der Waals surface area contributed by atoms with Crippen LogP contribution in [0.15, 0.2) is 0 Å². The number of rotatable bonds is 9. The summed E-state index contributed by atoms with van der Waals surface area (Å²) in [6.45, 7) is 1.41. The molecule has 0 unspecified atom stereocenters. The van der Waals surface area contributed by atoms with E-state index in [9.17, 15) is 40.5 Å². The van der Waals surface area contributed by atoms with E-state index < -0.39 is 80.6 Å². The van der Waals surface area contributed by atoms with Crippen LogP contribution in [0.2, 0.25) is 0 Å². The number of ether oxygens (including phenoxy) is 4. The Hall–Kier alpha value is -0.930. The third kappa shape index (κ3) is 5.27. The normalized spacial score (nSPS) is 41.9. The van der Waals surface area contributed by atoms with Crippen molar-refractivity contribution in [2.75, 3.05) is 19.8 Å².